The molecule has 1 nitrogen and oxygen atoms in total. The number of benzene rings is 2. The average Bonchev–Trinajstić information content (AvgIpc) is 2.59. The molecule has 0 aliphatic rings. The molecule has 1 unspecified atom stereocenters. The van der Waals surface area contributed by atoms with Crippen molar-refractivity contribution < 1.29 is 31.1 Å². The summed E-state index contributed by atoms with van der Waals surface area (Å²) < 4.78 is 80.3. The molecule has 0 radical (unpaired) electrons. The fourth-order valence-corrected chi connectivity index (χ4v) is 4.39. The van der Waals surface area contributed by atoms with Crippen LogP contribution in [0, 0.1) is 0 Å². The molecule has 0 N–H and O–H groups in total. The summed E-state index contributed by atoms with van der Waals surface area (Å²) in [5, 5.41) is 0.473. The van der Waals surface area contributed by atoms with E-state index in [9.17, 15) is 31.1 Å². The Balaban J connectivity index is 0.00000450. The zero-order valence-corrected chi connectivity index (χ0v) is 17.3. The molecule has 160 valence electrons. The van der Waals surface area contributed by atoms with Crippen LogP contribution in [-0.2, 0) is 12.4 Å². The Labute approximate surface area is 185 Å². The average molecular weight is 442 g/mol. The third kappa shape index (κ3) is 6.12. The quantitative estimate of drug-likeness (QED) is 0.295. The first-order chi connectivity index (χ1) is 13.2. The van der Waals surface area contributed by atoms with Gasteiger partial charge in [0.05, 0.1) is 11.1 Å². The van der Waals surface area contributed by atoms with E-state index in [2.05, 4.69) is 0 Å². The Morgan fingerprint density at radius 2 is 1.33 bits per heavy atom. The van der Waals surface area contributed by atoms with Crippen LogP contribution in [-0.4, -0.2) is 24.4 Å². The van der Waals surface area contributed by atoms with E-state index in [1.54, 1.807) is 12.1 Å². The van der Waals surface area contributed by atoms with Gasteiger partial charge in [0.1, 0.15) is 0 Å². The normalized spacial score (nSPS) is 12.7. The van der Waals surface area contributed by atoms with Gasteiger partial charge in [0.25, 0.3) is 0 Å². The van der Waals surface area contributed by atoms with E-state index in [-0.39, 0.29) is 30.7 Å². The molecule has 0 aliphatic heterocycles. The molecule has 0 spiro atoms. The van der Waals surface area contributed by atoms with Gasteiger partial charge in [-0.2, -0.15) is 26.3 Å². The molecule has 0 aromatic heterocycles. The van der Waals surface area contributed by atoms with E-state index in [1.807, 2.05) is 33.8 Å². The number of halogens is 6. The first-order valence-corrected chi connectivity index (χ1v) is 9.96. The maximum absolute atomic E-state index is 13.4. The van der Waals surface area contributed by atoms with Gasteiger partial charge < -0.3 is 0 Å². The SMILES string of the molecule is CC(C)c1ccc(C(C)C)c(PC(=O)c2c(C(F)(F)F)cccc2C(F)(F)F)c1.[LiH]. The summed E-state index contributed by atoms with van der Waals surface area (Å²) in [6, 6.07) is 7.06. The first-order valence-electron chi connectivity index (χ1n) is 8.96. The number of rotatable bonds is 5. The minimum atomic E-state index is -5.07. The van der Waals surface area contributed by atoms with Gasteiger partial charge in [0.15, 0.2) is 5.52 Å². The molecule has 0 fully saturated rings. The molecule has 2 aromatic carbocycles. The van der Waals surface area contributed by atoms with Crippen molar-refractivity contribution in [3.63, 3.8) is 0 Å². The fourth-order valence-electron chi connectivity index (χ4n) is 3.00. The van der Waals surface area contributed by atoms with E-state index >= 15 is 0 Å². The summed E-state index contributed by atoms with van der Waals surface area (Å²) in [7, 11) is -0.852. The van der Waals surface area contributed by atoms with Crippen LogP contribution < -0.4 is 5.30 Å². The zero-order valence-electron chi connectivity index (χ0n) is 16.3. The Bertz CT molecular complexity index is 871. The van der Waals surface area contributed by atoms with Crippen molar-refractivity contribution in [2.24, 2.45) is 0 Å². The van der Waals surface area contributed by atoms with Gasteiger partial charge in [-0.25, -0.2) is 0 Å². The number of hydrogen-bond acceptors (Lipinski definition) is 1. The minimum absolute atomic E-state index is 0. The predicted molar refractivity (Wildman–Crippen MR) is 110 cm³/mol. The van der Waals surface area contributed by atoms with Crippen molar-refractivity contribution in [2.45, 2.75) is 51.9 Å². The molecule has 30 heavy (non-hydrogen) atoms. The molecule has 0 saturated heterocycles. The second kappa shape index (κ2) is 9.89. The van der Waals surface area contributed by atoms with Crippen molar-refractivity contribution in [1.29, 1.82) is 0 Å². The van der Waals surface area contributed by atoms with E-state index < -0.39 is 43.1 Å². The summed E-state index contributed by atoms with van der Waals surface area (Å²) in [6.45, 7) is 7.54. The topological polar surface area (TPSA) is 17.1 Å². The Morgan fingerprint density at radius 3 is 1.73 bits per heavy atom. The third-order valence-electron chi connectivity index (χ3n) is 4.52. The molecule has 2 aromatic rings. The molecule has 0 saturated carbocycles. The van der Waals surface area contributed by atoms with E-state index in [0.29, 0.717) is 23.5 Å². The summed E-state index contributed by atoms with van der Waals surface area (Å²) >= 11 is 0. The van der Waals surface area contributed by atoms with Crippen LogP contribution in [0.4, 0.5) is 26.3 Å². The van der Waals surface area contributed by atoms with Crippen molar-refractivity contribution in [2.75, 3.05) is 0 Å². The van der Waals surface area contributed by atoms with E-state index in [0.717, 1.165) is 11.1 Å². The third-order valence-corrected chi connectivity index (χ3v) is 5.70. The van der Waals surface area contributed by atoms with Crippen LogP contribution in [0.3, 0.4) is 0 Å². The van der Waals surface area contributed by atoms with E-state index in [4.69, 9.17) is 0 Å². The Morgan fingerprint density at radius 1 is 0.833 bits per heavy atom. The standard InChI is InChI=1S/C21H21F6OP.Li.H/c1-11(2)13-8-9-14(12(3)4)17(10-13)29-19(28)18-15(20(22,23)24)6-5-7-16(18)21(25,26)27;;/h5-12,29H,1-4H3;;. The number of hydrogen-bond donors (Lipinski definition) is 0. The molecule has 0 heterocycles. The fraction of sp³-hybridized carbons (Fsp3) is 0.381. The van der Waals surface area contributed by atoms with Crippen molar-refractivity contribution in [3.05, 3.63) is 64.2 Å². The van der Waals surface area contributed by atoms with Gasteiger partial charge in [0, 0.05) is 5.56 Å². The van der Waals surface area contributed by atoms with Crippen LogP contribution in [0.1, 0.15) is 72.1 Å². The van der Waals surface area contributed by atoms with Crippen LogP contribution in [0.15, 0.2) is 36.4 Å². The van der Waals surface area contributed by atoms with Gasteiger partial charge in [0.2, 0.25) is 0 Å². The summed E-state index contributed by atoms with van der Waals surface area (Å²) in [6.07, 6.45) is -10.1. The number of carbonyl (C=O) groups excluding carboxylic acids is 1. The molecule has 0 aliphatic carbocycles. The molecule has 9 heteroatoms. The maximum atomic E-state index is 13.4. The number of alkyl halides is 6. The summed E-state index contributed by atoms with van der Waals surface area (Å²) in [4.78, 5) is 12.8. The summed E-state index contributed by atoms with van der Waals surface area (Å²) in [5.74, 6) is 0.0644. The van der Waals surface area contributed by atoms with Crippen LogP contribution in [0.25, 0.3) is 0 Å². The molecule has 0 bridgehead atoms. The molecular weight excluding hydrogens is 420 g/mol. The molecule has 2 rings (SSSR count). The van der Waals surface area contributed by atoms with Gasteiger partial charge in [-0.3, -0.25) is 4.79 Å². The van der Waals surface area contributed by atoms with Crippen LogP contribution >= 0.6 is 8.58 Å². The van der Waals surface area contributed by atoms with Gasteiger partial charge in [-0.05, 0) is 49.0 Å². The monoisotopic (exact) mass is 442 g/mol. The second-order valence-corrected chi connectivity index (χ2v) is 8.58. The second-order valence-electron chi connectivity index (χ2n) is 7.33. The first kappa shape index (κ1) is 26.8. The van der Waals surface area contributed by atoms with Gasteiger partial charge >= 0.3 is 31.2 Å². The Kier molecular flexibility index (Phi) is 8.82. The van der Waals surface area contributed by atoms with E-state index in [1.165, 1.54) is 0 Å². The van der Waals surface area contributed by atoms with Crippen LogP contribution in [0.2, 0.25) is 0 Å². The predicted octanol–water partition coefficient (Wildman–Crippen LogP) is 6.47. The van der Waals surface area contributed by atoms with Gasteiger partial charge in [-0.1, -0.05) is 52.0 Å². The van der Waals surface area contributed by atoms with Crippen molar-refractivity contribution in [3.8, 4) is 0 Å². The molecule has 1 atom stereocenters. The van der Waals surface area contributed by atoms with Crippen molar-refractivity contribution >= 4 is 38.3 Å². The van der Waals surface area contributed by atoms with Crippen LogP contribution in [0.5, 0.6) is 0 Å². The summed E-state index contributed by atoms with van der Waals surface area (Å²) in [5.41, 5.74) is -4.00. The zero-order chi connectivity index (χ0) is 22.1. The van der Waals surface area contributed by atoms with Crippen molar-refractivity contribution in [1.82, 2.24) is 0 Å². The molecule has 0 amide bonds. The Hall–Kier alpha value is -1.28. The molecular formula is C21H22F6LiOP. The number of carbonyl (C=O) groups is 1. The van der Waals surface area contributed by atoms with Gasteiger partial charge in [-0.15, -0.1) is 0 Å².